The number of amidine groups is 1. The number of hydrogen-bond acceptors (Lipinski definition) is 6. The fraction of sp³-hybridized carbons (Fsp3) is 0.111. The van der Waals surface area contributed by atoms with E-state index in [0.29, 0.717) is 29.9 Å². The van der Waals surface area contributed by atoms with Crippen LogP contribution in [0.15, 0.2) is 83.9 Å². The van der Waals surface area contributed by atoms with E-state index in [2.05, 4.69) is 19.7 Å². The number of aromatic nitrogens is 5. The van der Waals surface area contributed by atoms with E-state index >= 15 is 0 Å². The summed E-state index contributed by atoms with van der Waals surface area (Å²) in [6.07, 6.45) is 2.00. The first-order valence-electron chi connectivity index (χ1n) is 12.0. The van der Waals surface area contributed by atoms with Gasteiger partial charge in [0.05, 0.1) is 34.0 Å². The molecule has 3 heterocycles. The van der Waals surface area contributed by atoms with Gasteiger partial charge in [-0.25, -0.2) is 23.1 Å². The molecule has 0 aliphatic carbocycles. The van der Waals surface area contributed by atoms with Gasteiger partial charge in [0, 0.05) is 30.2 Å². The number of imidazole rings is 2. The van der Waals surface area contributed by atoms with Crippen LogP contribution in [-0.2, 0) is 23.0 Å². The minimum absolute atomic E-state index is 0.00780. The molecule has 190 valence electrons. The van der Waals surface area contributed by atoms with Crippen LogP contribution >= 0.6 is 0 Å². The number of rotatable bonds is 8. The van der Waals surface area contributed by atoms with Gasteiger partial charge in [-0.05, 0) is 42.5 Å². The van der Waals surface area contributed by atoms with Crippen molar-refractivity contribution in [2.24, 2.45) is 5.73 Å². The molecule has 0 fully saturated rings. The zero-order valence-corrected chi connectivity index (χ0v) is 21.0. The van der Waals surface area contributed by atoms with Crippen molar-refractivity contribution >= 4 is 48.8 Å². The number of hydrogen-bond donors (Lipinski definition) is 4. The minimum Gasteiger partial charge on any atom is -0.384 e. The van der Waals surface area contributed by atoms with E-state index in [0.717, 1.165) is 33.3 Å². The first-order valence-corrected chi connectivity index (χ1v) is 13.5. The second-order valence-corrected chi connectivity index (χ2v) is 10.6. The first kappa shape index (κ1) is 23.8. The number of benzene rings is 3. The summed E-state index contributed by atoms with van der Waals surface area (Å²) < 4.78 is 31.1. The lowest BCUT2D eigenvalue weighted by Gasteiger charge is -2.11. The minimum atomic E-state index is -3.79. The van der Waals surface area contributed by atoms with Gasteiger partial charge in [-0.15, -0.1) is 0 Å². The van der Waals surface area contributed by atoms with E-state index in [4.69, 9.17) is 16.1 Å². The Morgan fingerprint density at radius 1 is 1.00 bits per heavy atom. The molecule has 0 aliphatic heterocycles. The van der Waals surface area contributed by atoms with Gasteiger partial charge >= 0.3 is 0 Å². The van der Waals surface area contributed by atoms with Gasteiger partial charge in [0.2, 0.25) is 10.0 Å². The summed E-state index contributed by atoms with van der Waals surface area (Å²) in [5.41, 5.74) is 9.96. The van der Waals surface area contributed by atoms with Crippen molar-refractivity contribution in [2.45, 2.75) is 17.9 Å². The molecular weight excluding hydrogens is 500 g/mol. The van der Waals surface area contributed by atoms with Crippen LogP contribution in [-0.4, -0.2) is 45.3 Å². The van der Waals surface area contributed by atoms with Crippen molar-refractivity contribution < 1.29 is 8.42 Å². The van der Waals surface area contributed by atoms with Crippen LogP contribution in [0.3, 0.4) is 0 Å². The van der Waals surface area contributed by atoms with Crippen LogP contribution in [0.25, 0.3) is 33.0 Å². The maximum atomic E-state index is 13.2. The van der Waals surface area contributed by atoms with E-state index < -0.39 is 10.0 Å². The summed E-state index contributed by atoms with van der Waals surface area (Å²) in [4.78, 5) is 17.2. The summed E-state index contributed by atoms with van der Waals surface area (Å²) >= 11 is 0. The molecule has 0 radical (unpaired) electrons. The number of aromatic amines is 1. The summed E-state index contributed by atoms with van der Waals surface area (Å²) in [7, 11) is -3.79. The standard InChI is InChI=1S/C27H24N8O2S/c28-27(29)18-10-11-19-21(15-18)33-24(32-19)16-25-34-20-7-1-2-8-22(20)35(25)14-13-31-38(36,37)23-9-3-5-17-6-4-12-30-26(17)23/h1-12,15,31H,13-14,16H2,(H3,28,29)(H,32,33). The van der Waals surface area contributed by atoms with Gasteiger partial charge in [0.25, 0.3) is 0 Å². The quantitative estimate of drug-likeness (QED) is 0.177. The highest BCUT2D eigenvalue weighted by molar-refractivity contribution is 7.89. The molecule has 0 atom stereocenters. The van der Waals surface area contributed by atoms with Crippen LogP contribution in [0.5, 0.6) is 0 Å². The number of nitrogens with zero attached hydrogens (tertiary/aromatic N) is 4. The van der Waals surface area contributed by atoms with Crippen molar-refractivity contribution in [3.05, 3.63) is 96.2 Å². The van der Waals surface area contributed by atoms with Gasteiger partial charge in [0.15, 0.2) is 0 Å². The lowest BCUT2D eigenvalue weighted by molar-refractivity contribution is 0.572. The van der Waals surface area contributed by atoms with Crippen LogP contribution in [0.4, 0.5) is 0 Å². The molecule has 0 saturated heterocycles. The summed E-state index contributed by atoms with van der Waals surface area (Å²) in [6, 6.07) is 21.9. The molecule has 0 bridgehead atoms. The van der Waals surface area contributed by atoms with Crippen LogP contribution in [0, 0.1) is 5.41 Å². The van der Waals surface area contributed by atoms with Crippen molar-refractivity contribution in [3.63, 3.8) is 0 Å². The topological polar surface area (TPSA) is 155 Å². The van der Waals surface area contributed by atoms with Crippen molar-refractivity contribution in [1.82, 2.24) is 29.2 Å². The molecule has 5 N–H and O–H groups in total. The highest BCUT2D eigenvalue weighted by atomic mass is 32.2. The maximum Gasteiger partial charge on any atom is 0.242 e. The molecule has 11 heteroatoms. The fourth-order valence-electron chi connectivity index (χ4n) is 4.64. The van der Waals surface area contributed by atoms with Gasteiger partial charge < -0.3 is 15.3 Å². The Hall–Kier alpha value is -4.61. The maximum absolute atomic E-state index is 13.2. The van der Waals surface area contributed by atoms with Crippen molar-refractivity contribution in [2.75, 3.05) is 6.54 Å². The van der Waals surface area contributed by atoms with Gasteiger partial charge in [-0.3, -0.25) is 10.4 Å². The lowest BCUT2D eigenvalue weighted by atomic mass is 10.2. The SMILES string of the molecule is N=C(N)c1ccc2nc(Cc3nc4ccccc4n3CCNS(=O)(=O)c3cccc4cccnc34)[nH]c2c1. The number of pyridine rings is 1. The number of para-hydroxylation sites is 3. The van der Waals surface area contributed by atoms with Crippen LogP contribution in [0.2, 0.25) is 0 Å². The van der Waals surface area contributed by atoms with Crippen LogP contribution < -0.4 is 10.5 Å². The molecule has 6 aromatic rings. The average Bonchev–Trinajstić information content (AvgIpc) is 3.48. The Kier molecular flexibility index (Phi) is 5.86. The van der Waals surface area contributed by atoms with Crippen molar-refractivity contribution in [1.29, 1.82) is 5.41 Å². The van der Waals surface area contributed by atoms with Gasteiger partial charge in [-0.1, -0.05) is 30.3 Å². The van der Waals surface area contributed by atoms with Crippen molar-refractivity contribution in [3.8, 4) is 0 Å². The Morgan fingerprint density at radius 3 is 2.71 bits per heavy atom. The Morgan fingerprint density at radius 2 is 1.84 bits per heavy atom. The first-order chi connectivity index (χ1) is 18.4. The smallest absolute Gasteiger partial charge is 0.242 e. The zero-order valence-electron chi connectivity index (χ0n) is 20.2. The van der Waals surface area contributed by atoms with Crippen LogP contribution in [0.1, 0.15) is 17.2 Å². The number of H-pyrrole nitrogens is 1. The van der Waals surface area contributed by atoms with E-state index in [1.807, 2.05) is 47.0 Å². The van der Waals surface area contributed by atoms with Gasteiger partial charge in [-0.2, -0.15) is 0 Å². The monoisotopic (exact) mass is 524 g/mol. The molecule has 0 aliphatic rings. The van der Waals surface area contributed by atoms with E-state index in [1.54, 1.807) is 36.5 Å². The highest BCUT2D eigenvalue weighted by Gasteiger charge is 2.19. The molecule has 6 rings (SSSR count). The van der Waals surface area contributed by atoms with E-state index in [1.165, 1.54) is 0 Å². The predicted octanol–water partition coefficient (Wildman–Crippen LogP) is 3.31. The molecule has 0 saturated carbocycles. The number of fused-ring (bicyclic) bond motifs is 3. The molecular formula is C27H24N8O2S. The highest BCUT2D eigenvalue weighted by Crippen LogP contribution is 2.22. The number of nitrogen functional groups attached to an aromatic ring is 1. The second kappa shape index (κ2) is 9.36. The molecule has 10 nitrogen and oxygen atoms in total. The third-order valence-corrected chi connectivity index (χ3v) is 7.91. The fourth-order valence-corrected chi connectivity index (χ4v) is 5.83. The molecule has 0 unspecified atom stereocenters. The molecule has 38 heavy (non-hydrogen) atoms. The predicted molar refractivity (Wildman–Crippen MR) is 147 cm³/mol. The largest absolute Gasteiger partial charge is 0.384 e. The Balaban J connectivity index is 1.27. The number of sulfonamides is 1. The lowest BCUT2D eigenvalue weighted by Crippen LogP contribution is -2.28. The zero-order chi connectivity index (χ0) is 26.3. The third kappa shape index (κ3) is 4.38. The molecule has 3 aromatic carbocycles. The van der Waals surface area contributed by atoms with E-state index in [-0.39, 0.29) is 17.3 Å². The average molecular weight is 525 g/mol. The number of nitrogens with one attached hydrogen (secondary N) is 3. The number of nitrogens with two attached hydrogens (primary N) is 1. The summed E-state index contributed by atoms with van der Waals surface area (Å²) in [5, 5.41) is 8.43. The third-order valence-electron chi connectivity index (χ3n) is 6.41. The Bertz CT molecular complexity index is 1940. The molecule has 0 amide bonds. The normalized spacial score (nSPS) is 12.0. The van der Waals surface area contributed by atoms with E-state index in [9.17, 15) is 8.42 Å². The van der Waals surface area contributed by atoms with Gasteiger partial charge in [0.1, 0.15) is 22.4 Å². The molecule has 0 spiro atoms. The Labute approximate surface area is 218 Å². The summed E-state index contributed by atoms with van der Waals surface area (Å²) in [5.74, 6) is 1.45. The summed E-state index contributed by atoms with van der Waals surface area (Å²) in [6.45, 7) is 0.545. The molecule has 3 aromatic heterocycles. The second-order valence-electron chi connectivity index (χ2n) is 8.90.